The maximum atomic E-state index is 12.7. The molecule has 0 aliphatic carbocycles. The number of fused-ring (bicyclic) bond motifs is 1. The number of hydrogen-bond acceptors (Lipinski definition) is 8. The number of thioether (sulfide) groups is 2. The Kier molecular flexibility index (Phi) is 5.32. The van der Waals surface area contributed by atoms with Crippen LogP contribution in [0.2, 0.25) is 5.02 Å². The highest BCUT2D eigenvalue weighted by atomic mass is 35.5. The molecular weight excluding hydrogens is 428 g/mol. The number of thiophene rings is 1. The Balaban J connectivity index is 1.65. The van der Waals surface area contributed by atoms with E-state index in [0.29, 0.717) is 26.8 Å². The van der Waals surface area contributed by atoms with Gasteiger partial charge in [-0.15, -0.1) is 21.5 Å². The molecule has 0 amide bonds. The first-order chi connectivity index (χ1) is 12.7. The van der Waals surface area contributed by atoms with Gasteiger partial charge in [-0.05, 0) is 12.3 Å². The molecule has 3 heterocycles. The number of aromatic amines is 1. The number of rotatable bonds is 5. The second-order valence-electron chi connectivity index (χ2n) is 5.15. The molecule has 0 saturated heterocycles. The van der Waals surface area contributed by atoms with Crippen molar-refractivity contribution in [3.05, 3.63) is 50.8 Å². The quantitative estimate of drug-likeness (QED) is 0.433. The monoisotopic (exact) mass is 438 g/mol. The van der Waals surface area contributed by atoms with E-state index in [9.17, 15) is 4.79 Å². The fourth-order valence-corrected chi connectivity index (χ4v) is 5.91. The van der Waals surface area contributed by atoms with Gasteiger partial charge >= 0.3 is 0 Å². The zero-order valence-electron chi connectivity index (χ0n) is 13.4. The standard InChI is InChI=1S/C16H11ClN4OS4/c1-23-15-20-21-16(26-15)25-7-11-18-13(22)12-9(6-24-14(12)19-11)8-4-2-3-5-10(8)17/h2-6H,7H2,1H3,(H,18,19,22). The van der Waals surface area contributed by atoms with Crippen molar-refractivity contribution in [1.29, 1.82) is 0 Å². The minimum atomic E-state index is -0.149. The molecule has 0 atom stereocenters. The Labute approximate surface area is 170 Å². The highest BCUT2D eigenvalue weighted by Gasteiger charge is 2.15. The predicted molar refractivity (Wildman–Crippen MR) is 112 cm³/mol. The average Bonchev–Trinajstić information content (AvgIpc) is 3.27. The van der Waals surface area contributed by atoms with Gasteiger partial charge in [-0.25, -0.2) is 4.98 Å². The molecule has 3 aromatic heterocycles. The predicted octanol–water partition coefficient (Wildman–Crippen LogP) is 5.17. The van der Waals surface area contributed by atoms with Crippen molar-refractivity contribution in [3.8, 4) is 11.1 Å². The SMILES string of the molecule is CSc1nnc(SCc2nc3scc(-c4ccccc4Cl)c3c(=O)[nH]2)s1. The summed E-state index contributed by atoms with van der Waals surface area (Å²) in [6, 6.07) is 7.50. The maximum Gasteiger partial charge on any atom is 0.260 e. The minimum Gasteiger partial charge on any atom is -0.309 e. The summed E-state index contributed by atoms with van der Waals surface area (Å²) in [4.78, 5) is 20.9. The molecular formula is C16H11ClN4OS4. The molecule has 0 fully saturated rings. The number of H-pyrrole nitrogens is 1. The van der Waals surface area contributed by atoms with Crippen molar-refractivity contribution in [2.75, 3.05) is 6.26 Å². The molecule has 132 valence electrons. The summed E-state index contributed by atoms with van der Waals surface area (Å²) in [5, 5.41) is 11.3. The van der Waals surface area contributed by atoms with Crippen molar-refractivity contribution < 1.29 is 0 Å². The van der Waals surface area contributed by atoms with E-state index >= 15 is 0 Å². The number of nitrogens with one attached hydrogen (secondary N) is 1. The first-order valence-corrected chi connectivity index (χ1v) is 11.7. The van der Waals surface area contributed by atoms with Gasteiger partial charge in [0, 0.05) is 21.5 Å². The van der Waals surface area contributed by atoms with Gasteiger partial charge in [-0.3, -0.25) is 4.79 Å². The molecule has 4 rings (SSSR count). The fourth-order valence-electron chi connectivity index (χ4n) is 2.41. The Morgan fingerprint density at radius 2 is 2.00 bits per heavy atom. The van der Waals surface area contributed by atoms with Crippen LogP contribution in [0.1, 0.15) is 5.82 Å². The van der Waals surface area contributed by atoms with Crippen molar-refractivity contribution in [1.82, 2.24) is 20.2 Å². The highest BCUT2D eigenvalue weighted by molar-refractivity contribution is 8.02. The van der Waals surface area contributed by atoms with Crippen LogP contribution in [0, 0.1) is 0 Å². The fraction of sp³-hybridized carbons (Fsp3) is 0.125. The molecule has 4 aromatic rings. The van der Waals surface area contributed by atoms with Crippen molar-refractivity contribution in [2.45, 2.75) is 14.4 Å². The highest BCUT2D eigenvalue weighted by Crippen LogP contribution is 2.35. The molecule has 5 nitrogen and oxygen atoms in total. The van der Waals surface area contributed by atoms with Gasteiger partial charge in [-0.2, -0.15) is 0 Å². The minimum absolute atomic E-state index is 0.149. The van der Waals surface area contributed by atoms with Gasteiger partial charge in [0.2, 0.25) is 0 Å². The van der Waals surface area contributed by atoms with E-state index in [1.54, 1.807) is 11.8 Å². The lowest BCUT2D eigenvalue weighted by molar-refractivity contribution is 0.953. The van der Waals surface area contributed by atoms with Crippen LogP contribution in [0.15, 0.2) is 43.1 Å². The summed E-state index contributed by atoms with van der Waals surface area (Å²) < 4.78 is 1.78. The van der Waals surface area contributed by atoms with Crippen molar-refractivity contribution in [2.24, 2.45) is 0 Å². The van der Waals surface area contributed by atoms with Gasteiger partial charge in [0.15, 0.2) is 8.68 Å². The summed E-state index contributed by atoms with van der Waals surface area (Å²) >= 11 is 12.4. The van der Waals surface area contributed by atoms with Crippen LogP contribution in [0.25, 0.3) is 21.3 Å². The second kappa shape index (κ2) is 7.69. The number of halogens is 1. The summed E-state index contributed by atoms with van der Waals surface area (Å²) in [5.41, 5.74) is 1.51. The molecule has 0 spiro atoms. The largest absolute Gasteiger partial charge is 0.309 e. The summed E-state index contributed by atoms with van der Waals surface area (Å²) in [5.74, 6) is 1.16. The lowest BCUT2D eigenvalue weighted by Gasteiger charge is -2.03. The molecule has 0 bridgehead atoms. The Morgan fingerprint density at radius 3 is 2.77 bits per heavy atom. The number of benzene rings is 1. The lowest BCUT2D eigenvalue weighted by atomic mass is 10.1. The van der Waals surface area contributed by atoms with E-state index in [1.807, 2.05) is 35.9 Å². The molecule has 0 unspecified atom stereocenters. The normalized spacial score (nSPS) is 11.3. The summed E-state index contributed by atoms with van der Waals surface area (Å²) in [7, 11) is 0. The van der Waals surface area contributed by atoms with E-state index in [1.165, 1.54) is 34.4 Å². The Hall–Kier alpha value is -1.39. The van der Waals surface area contributed by atoms with Gasteiger partial charge in [0.1, 0.15) is 10.7 Å². The van der Waals surface area contributed by atoms with E-state index < -0.39 is 0 Å². The van der Waals surface area contributed by atoms with Crippen LogP contribution in [0.5, 0.6) is 0 Å². The van der Waals surface area contributed by atoms with E-state index in [4.69, 9.17) is 11.6 Å². The molecule has 1 aromatic carbocycles. The zero-order valence-corrected chi connectivity index (χ0v) is 17.4. The van der Waals surface area contributed by atoms with Gasteiger partial charge in [0.25, 0.3) is 5.56 Å². The molecule has 26 heavy (non-hydrogen) atoms. The summed E-state index contributed by atoms with van der Waals surface area (Å²) in [6.45, 7) is 0. The average molecular weight is 439 g/mol. The van der Waals surface area contributed by atoms with Crippen molar-refractivity contribution >= 4 is 68.0 Å². The van der Waals surface area contributed by atoms with E-state index in [0.717, 1.165) is 19.8 Å². The van der Waals surface area contributed by atoms with Gasteiger partial charge < -0.3 is 4.98 Å². The Morgan fingerprint density at radius 1 is 1.19 bits per heavy atom. The van der Waals surface area contributed by atoms with Gasteiger partial charge in [-0.1, -0.05) is 64.7 Å². The third kappa shape index (κ3) is 3.54. The number of aromatic nitrogens is 4. The maximum absolute atomic E-state index is 12.7. The third-order valence-corrected chi connectivity index (χ3v) is 7.80. The molecule has 0 radical (unpaired) electrons. The molecule has 0 saturated carbocycles. The second-order valence-corrected chi connectivity index (χ2v) is 9.67. The van der Waals surface area contributed by atoms with E-state index in [2.05, 4.69) is 20.2 Å². The van der Waals surface area contributed by atoms with Crippen LogP contribution in [0.3, 0.4) is 0 Å². The zero-order chi connectivity index (χ0) is 18.1. The third-order valence-electron chi connectivity index (χ3n) is 3.55. The van der Waals surface area contributed by atoms with Crippen LogP contribution >= 0.6 is 57.8 Å². The molecule has 0 aliphatic rings. The van der Waals surface area contributed by atoms with Crippen LogP contribution in [0.4, 0.5) is 0 Å². The van der Waals surface area contributed by atoms with Crippen molar-refractivity contribution in [3.63, 3.8) is 0 Å². The lowest BCUT2D eigenvalue weighted by Crippen LogP contribution is -2.10. The van der Waals surface area contributed by atoms with Crippen LogP contribution in [-0.2, 0) is 5.75 Å². The molecule has 1 N–H and O–H groups in total. The smallest absolute Gasteiger partial charge is 0.260 e. The number of hydrogen-bond donors (Lipinski definition) is 1. The number of nitrogens with zero attached hydrogens (tertiary/aromatic N) is 3. The topological polar surface area (TPSA) is 71.5 Å². The van der Waals surface area contributed by atoms with E-state index in [-0.39, 0.29) is 5.56 Å². The molecule has 10 heteroatoms. The first kappa shape index (κ1) is 18.0. The first-order valence-electron chi connectivity index (χ1n) is 7.41. The van der Waals surface area contributed by atoms with Crippen LogP contribution in [-0.4, -0.2) is 26.4 Å². The summed E-state index contributed by atoms with van der Waals surface area (Å²) in [6.07, 6.45) is 1.97. The van der Waals surface area contributed by atoms with Gasteiger partial charge in [0.05, 0.1) is 11.1 Å². The Bertz CT molecular complexity index is 1140. The van der Waals surface area contributed by atoms with Crippen LogP contribution < -0.4 is 5.56 Å². The molecule has 0 aliphatic heterocycles.